The molecule has 0 unspecified atom stereocenters. The van der Waals surface area contributed by atoms with Crippen molar-refractivity contribution < 1.29 is 28.6 Å². The molecule has 0 spiro atoms. The maximum Gasteiger partial charge on any atom is 0.354 e. The third-order valence-corrected chi connectivity index (χ3v) is 10.2. The molecule has 272 valence electrons. The molecule has 0 radical (unpaired) electrons. The van der Waals surface area contributed by atoms with E-state index in [1.54, 1.807) is 12.1 Å². The van der Waals surface area contributed by atoms with Gasteiger partial charge in [-0.3, -0.25) is 14.2 Å². The minimum absolute atomic E-state index is 0.112. The molecule has 0 atom stereocenters. The van der Waals surface area contributed by atoms with E-state index < -0.39 is 5.97 Å². The van der Waals surface area contributed by atoms with Crippen molar-refractivity contribution in [1.82, 2.24) is 24.1 Å². The Bertz CT molecular complexity index is 2320. The molecule has 12 heteroatoms. The van der Waals surface area contributed by atoms with Crippen molar-refractivity contribution in [3.8, 4) is 17.0 Å². The zero-order valence-corrected chi connectivity index (χ0v) is 31.1. The molecule has 1 N–H and O–H groups in total. The molecule has 0 amide bonds. The van der Waals surface area contributed by atoms with Crippen LogP contribution < -0.4 is 0 Å². The number of carbonyl (C=O) groups excluding carboxylic acids is 2. The Labute approximate surface area is 306 Å². The number of carbonyl (C=O) groups is 2. The smallest absolute Gasteiger partial charge is 0.354 e. The molecular weight excluding hydrogens is 685 g/mol. The van der Waals surface area contributed by atoms with Gasteiger partial charge in [0, 0.05) is 48.6 Å². The fraction of sp³-hybridized carbons (Fsp3) is 0.350. The topological polar surface area (TPSA) is 113 Å². The van der Waals surface area contributed by atoms with Crippen molar-refractivity contribution in [3.05, 3.63) is 98.8 Å². The summed E-state index contributed by atoms with van der Waals surface area (Å²) < 4.78 is 29.8. The summed E-state index contributed by atoms with van der Waals surface area (Å²) in [6.07, 6.45) is 3.27. The lowest BCUT2D eigenvalue weighted by Gasteiger charge is -2.15. The largest absolute Gasteiger partial charge is 0.507 e. The normalized spacial score (nSPS) is 11.5. The molecule has 0 saturated heterocycles. The standard InChI is InChI=1S/C40H43ClFN5O5/c1-7-46-38-31(32(15-17-35(49)51-5)39(46)40(50)52-6)14-16-33(41)36(38)37-23(2)24(3)43-47(37)18-8-9-28-22-29(45(4)44-28)12-10-25-19-26-21-27(42)11-13-30(26)34(48)20-25/h11,13-14,16,19-22,48H,7-10,12,15,17-18H2,1-6H3. The highest BCUT2D eigenvalue weighted by atomic mass is 35.5. The first-order valence-corrected chi connectivity index (χ1v) is 17.8. The maximum atomic E-state index is 13.8. The molecule has 0 aliphatic heterocycles. The number of nitrogens with zero attached hydrogens (tertiary/aromatic N) is 5. The predicted molar refractivity (Wildman–Crippen MR) is 200 cm³/mol. The Morgan fingerprint density at radius 1 is 0.942 bits per heavy atom. The molecule has 0 fully saturated rings. The molecule has 6 aromatic rings. The van der Waals surface area contributed by atoms with Gasteiger partial charge in [-0.25, -0.2) is 9.18 Å². The SMILES string of the molecule is CCn1c(C(=O)OC)c(CCC(=O)OC)c2ccc(Cl)c(-c3c(C)c(C)nn3CCCc3cc(CCc4cc(O)c5ccc(F)cc5c4)n(C)n3)c21. The van der Waals surface area contributed by atoms with E-state index in [9.17, 15) is 19.1 Å². The summed E-state index contributed by atoms with van der Waals surface area (Å²) in [6, 6.07) is 13.9. The first kappa shape index (κ1) is 36.6. The number of benzene rings is 3. The number of hydrogen-bond acceptors (Lipinski definition) is 7. The second-order valence-electron chi connectivity index (χ2n) is 13.1. The Balaban J connectivity index is 1.26. The fourth-order valence-corrected chi connectivity index (χ4v) is 7.47. The number of halogens is 2. The third-order valence-electron chi connectivity index (χ3n) is 9.90. The summed E-state index contributed by atoms with van der Waals surface area (Å²) >= 11 is 7.03. The number of phenols is 1. The van der Waals surface area contributed by atoms with E-state index in [0.29, 0.717) is 65.8 Å². The van der Waals surface area contributed by atoms with Gasteiger partial charge in [-0.15, -0.1) is 0 Å². The molecule has 3 aromatic carbocycles. The molecule has 3 aromatic heterocycles. The van der Waals surface area contributed by atoms with Crippen LogP contribution in [0.15, 0.2) is 48.5 Å². The molecule has 10 nitrogen and oxygen atoms in total. The molecule has 52 heavy (non-hydrogen) atoms. The molecular formula is C40H43ClFN5O5. The lowest BCUT2D eigenvalue weighted by molar-refractivity contribution is -0.140. The highest BCUT2D eigenvalue weighted by molar-refractivity contribution is 6.35. The lowest BCUT2D eigenvalue weighted by Crippen LogP contribution is -2.13. The molecule has 6 rings (SSSR count). The number of ether oxygens (including phenoxy) is 2. The van der Waals surface area contributed by atoms with Crippen LogP contribution in [0.3, 0.4) is 0 Å². The molecule has 3 heterocycles. The lowest BCUT2D eigenvalue weighted by atomic mass is 10.00. The van der Waals surface area contributed by atoms with E-state index in [1.807, 2.05) is 59.9 Å². The second kappa shape index (κ2) is 15.2. The predicted octanol–water partition coefficient (Wildman–Crippen LogP) is 7.84. The van der Waals surface area contributed by atoms with Gasteiger partial charge < -0.3 is 19.1 Å². The van der Waals surface area contributed by atoms with E-state index in [1.165, 1.54) is 26.4 Å². The Hall–Kier alpha value is -5.16. The van der Waals surface area contributed by atoms with Gasteiger partial charge in [-0.1, -0.05) is 23.7 Å². The van der Waals surface area contributed by atoms with Crippen molar-refractivity contribution in [3.63, 3.8) is 0 Å². The van der Waals surface area contributed by atoms with E-state index in [-0.39, 0.29) is 24.0 Å². The summed E-state index contributed by atoms with van der Waals surface area (Å²) in [6.45, 7) is 7.03. The number of esters is 2. The zero-order valence-electron chi connectivity index (χ0n) is 30.3. The molecule has 0 aliphatic rings. The minimum atomic E-state index is -0.484. The van der Waals surface area contributed by atoms with Crippen LogP contribution >= 0.6 is 11.6 Å². The highest BCUT2D eigenvalue weighted by Crippen LogP contribution is 2.42. The third kappa shape index (κ3) is 7.01. The second-order valence-corrected chi connectivity index (χ2v) is 13.5. The van der Waals surface area contributed by atoms with Gasteiger partial charge >= 0.3 is 11.9 Å². The van der Waals surface area contributed by atoms with Crippen LogP contribution in [0, 0.1) is 19.7 Å². The van der Waals surface area contributed by atoms with Crippen LogP contribution in [-0.4, -0.2) is 55.4 Å². The number of hydrogen-bond donors (Lipinski definition) is 1. The van der Waals surface area contributed by atoms with Crippen LogP contribution in [0.4, 0.5) is 4.39 Å². The molecule has 0 bridgehead atoms. The van der Waals surface area contributed by atoms with E-state index in [0.717, 1.165) is 56.8 Å². The fourth-order valence-electron chi connectivity index (χ4n) is 7.23. The summed E-state index contributed by atoms with van der Waals surface area (Å²) in [5, 5.41) is 22.8. The highest BCUT2D eigenvalue weighted by Gasteiger charge is 2.28. The Morgan fingerprint density at radius 2 is 1.71 bits per heavy atom. The number of phenolic OH excluding ortho intramolecular Hbond substituents is 1. The average Bonchev–Trinajstić information content (AvgIpc) is 3.74. The molecule has 0 saturated carbocycles. The average molecular weight is 728 g/mol. The minimum Gasteiger partial charge on any atom is -0.507 e. The van der Waals surface area contributed by atoms with Crippen LogP contribution in [0.1, 0.15) is 64.0 Å². The Morgan fingerprint density at radius 3 is 2.44 bits per heavy atom. The van der Waals surface area contributed by atoms with Crippen molar-refractivity contribution in [1.29, 1.82) is 0 Å². The van der Waals surface area contributed by atoms with Gasteiger partial charge in [-0.05, 0) is 111 Å². The van der Waals surface area contributed by atoms with E-state index >= 15 is 0 Å². The van der Waals surface area contributed by atoms with Gasteiger partial charge in [0.05, 0.1) is 41.8 Å². The number of fused-ring (bicyclic) bond motifs is 2. The first-order valence-electron chi connectivity index (χ1n) is 17.4. The monoisotopic (exact) mass is 727 g/mol. The number of methoxy groups -OCH3 is 2. The van der Waals surface area contributed by atoms with Crippen molar-refractivity contribution >= 4 is 45.2 Å². The van der Waals surface area contributed by atoms with Crippen LogP contribution in [0.2, 0.25) is 5.02 Å². The van der Waals surface area contributed by atoms with Crippen LogP contribution in [0.25, 0.3) is 32.9 Å². The van der Waals surface area contributed by atoms with E-state index in [4.69, 9.17) is 31.3 Å². The Kier molecular flexibility index (Phi) is 10.7. The number of aromatic nitrogens is 5. The number of rotatable bonds is 13. The van der Waals surface area contributed by atoms with Crippen molar-refractivity contribution in [2.75, 3.05) is 14.2 Å². The van der Waals surface area contributed by atoms with Gasteiger partial charge in [0.25, 0.3) is 0 Å². The van der Waals surface area contributed by atoms with Crippen molar-refractivity contribution in [2.45, 2.75) is 72.4 Å². The van der Waals surface area contributed by atoms with Crippen molar-refractivity contribution in [2.24, 2.45) is 7.05 Å². The number of aromatic hydroxyl groups is 1. The first-order chi connectivity index (χ1) is 24.9. The zero-order chi connectivity index (χ0) is 37.3. The van der Waals surface area contributed by atoms with Crippen LogP contribution in [0.5, 0.6) is 5.75 Å². The quantitative estimate of drug-likeness (QED) is 0.121. The van der Waals surface area contributed by atoms with Crippen LogP contribution in [-0.2, 0) is 60.1 Å². The summed E-state index contributed by atoms with van der Waals surface area (Å²) in [5.41, 5.74) is 8.34. The number of aryl methyl sites for hydroxylation is 8. The summed E-state index contributed by atoms with van der Waals surface area (Å²) in [7, 11) is 4.63. The van der Waals surface area contributed by atoms with Gasteiger partial charge in [-0.2, -0.15) is 10.2 Å². The summed E-state index contributed by atoms with van der Waals surface area (Å²) in [5.74, 6) is -1.04. The molecule has 0 aliphatic carbocycles. The van der Waals surface area contributed by atoms with Gasteiger partial charge in [0.1, 0.15) is 17.3 Å². The van der Waals surface area contributed by atoms with E-state index in [2.05, 4.69) is 6.07 Å². The van der Waals surface area contributed by atoms with Gasteiger partial charge in [0.15, 0.2) is 0 Å². The van der Waals surface area contributed by atoms with Gasteiger partial charge in [0.2, 0.25) is 0 Å². The maximum absolute atomic E-state index is 13.8. The summed E-state index contributed by atoms with van der Waals surface area (Å²) in [4.78, 5) is 25.4.